The molecule has 0 aliphatic carbocycles. The number of nitrogens with zero attached hydrogens (tertiary/aromatic N) is 1. The van der Waals surface area contributed by atoms with Crippen molar-refractivity contribution < 1.29 is 28.6 Å². The first-order valence-electron chi connectivity index (χ1n) is 8.83. The fraction of sp³-hybridized carbons (Fsp3) is 0.474. The van der Waals surface area contributed by atoms with Crippen molar-refractivity contribution in [3.05, 3.63) is 29.5 Å². The Morgan fingerprint density at radius 3 is 2.59 bits per heavy atom. The topological polar surface area (TPSA) is 103 Å². The van der Waals surface area contributed by atoms with Crippen molar-refractivity contribution >= 4 is 5.91 Å². The lowest BCUT2D eigenvalue weighted by Crippen LogP contribution is -2.39. The van der Waals surface area contributed by atoms with E-state index in [1.807, 2.05) is 0 Å². The second-order valence-electron chi connectivity index (χ2n) is 6.38. The second-order valence-corrected chi connectivity index (χ2v) is 6.38. The number of benzene rings is 1. The van der Waals surface area contributed by atoms with Gasteiger partial charge in [0.1, 0.15) is 17.4 Å². The third-order valence-electron chi connectivity index (χ3n) is 4.54. The molecule has 8 nitrogen and oxygen atoms in total. The number of aromatic nitrogens is 1. The first-order valence-corrected chi connectivity index (χ1v) is 8.83. The van der Waals surface area contributed by atoms with Gasteiger partial charge in [0.15, 0.2) is 17.3 Å². The number of methoxy groups -OCH3 is 2. The van der Waals surface area contributed by atoms with Crippen LogP contribution in [0.2, 0.25) is 0 Å². The maximum absolute atomic E-state index is 13.0. The average molecular weight is 376 g/mol. The molecule has 1 fully saturated rings. The zero-order valence-electron chi connectivity index (χ0n) is 15.7. The minimum absolute atomic E-state index is 0.0150. The molecule has 1 atom stereocenters. The molecule has 1 amide bonds. The average Bonchev–Trinajstić information content (AvgIpc) is 3.13. The van der Waals surface area contributed by atoms with Crippen LogP contribution in [0.4, 0.5) is 0 Å². The van der Waals surface area contributed by atoms with Gasteiger partial charge in [-0.25, -0.2) is 0 Å². The van der Waals surface area contributed by atoms with Crippen molar-refractivity contribution in [2.45, 2.75) is 31.9 Å². The molecule has 1 aliphatic rings. The molecule has 2 N–H and O–H groups in total. The van der Waals surface area contributed by atoms with Gasteiger partial charge >= 0.3 is 0 Å². The Hall–Kier alpha value is -2.58. The van der Waals surface area contributed by atoms with Crippen molar-refractivity contribution in [1.82, 2.24) is 10.5 Å². The molecule has 0 bridgehead atoms. The van der Waals surface area contributed by atoms with Gasteiger partial charge in [-0.2, -0.15) is 0 Å². The van der Waals surface area contributed by atoms with Gasteiger partial charge < -0.3 is 29.2 Å². The minimum atomic E-state index is -0.971. The number of nitrogens with one attached hydrogen (secondary N) is 1. The Balaban J connectivity index is 1.97. The van der Waals surface area contributed by atoms with Crippen LogP contribution >= 0.6 is 0 Å². The lowest BCUT2D eigenvalue weighted by Gasteiger charge is -2.23. The van der Waals surface area contributed by atoms with Gasteiger partial charge in [-0.3, -0.25) is 4.79 Å². The van der Waals surface area contributed by atoms with Crippen LogP contribution in [0.15, 0.2) is 22.7 Å². The molecular formula is C19H24N2O6. The molecule has 0 spiro atoms. The Bertz CT molecular complexity index is 795. The summed E-state index contributed by atoms with van der Waals surface area (Å²) in [5.74, 6) is 0.870. The Labute approximate surface area is 157 Å². The van der Waals surface area contributed by atoms with Crippen LogP contribution in [-0.4, -0.2) is 49.6 Å². The van der Waals surface area contributed by atoms with E-state index in [1.165, 1.54) is 14.0 Å². The highest BCUT2D eigenvalue weighted by atomic mass is 16.5. The Kier molecular flexibility index (Phi) is 5.98. The quantitative estimate of drug-likeness (QED) is 0.797. The predicted molar refractivity (Wildman–Crippen MR) is 97.0 cm³/mol. The largest absolute Gasteiger partial charge is 0.493 e. The van der Waals surface area contributed by atoms with Crippen LogP contribution < -0.4 is 14.8 Å². The van der Waals surface area contributed by atoms with Gasteiger partial charge in [-0.1, -0.05) is 5.16 Å². The molecule has 3 rings (SSSR count). The van der Waals surface area contributed by atoms with Crippen molar-refractivity contribution in [3.63, 3.8) is 0 Å². The zero-order chi connectivity index (χ0) is 19.4. The molecule has 146 valence electrons. The SMILES string of the molecule is COc1ccc(-c2noc([C@H](C)O)c2C(=O)NC2CCOCC2)cc1OC. The van der Waals surface area contributed by atoms with Gasteiger partial charge in [0, 0.05) is 24.8 Å². The number of aliphatic hydroxyl groups is 1. The van der Waals surface area contributed by atoms with Gasteiger partial charge in [0.05, 0.1) is 14.2 Å². The molecule has 27 heavy (non-hydrogen) atoms. The normalized spacial score (nSPS) is 16.0. The van der Waals surface area contributed by atoms with Crippen LogP contribution in [0.25, 0.3) is 11.3 Å². The fourth-order valence-corrected chi connectivity index (χ4v) is 3.09. The lowest BCUT2D eigenvalue weighted by molar-refractivity contribution is 0.0692. The van der Waals surface area contributed by atoms with Gasteiger partial charge in [-0.15, -0.1) is 0 Å². The highest BCUT2D eigenvalue weighted by molar-refractivity contribution is 6.01. The highest BCUT2D eigenvalue weighted by Crippen LogP contribution is 2.35. The first kappa shape index (κ1) is 19.2. The maximum atomic E-state index is 13.0. The van der Waals surface area contributed by atoms with E-state index >= 15 is 0 Å². The third-order valence-corrected chi connectivity index (χ3v) is 4.54. The van der Waals surface area contributed by atoms with Crippen molar-refractivity contribution in [1.29, 1.82) is 0 Å². The van der Waals surface area contributed by atoms with Crippen LogP contribution in [0, 0.1) is 0 Å². The number of amides is 1. The highest BCUT2D eigenvalue weighted by Gasteiger charge is 2.29. The Morgan fingerprint density at radius 2 is 1.96 bits per heavy atom. The van der Waals surface area contributed by atoms with Gasteiger partial charge in [-0.05, 0) is 38.0 Å². The number of rotatable bonds is 6. The molecular weight excluding hydrogens is 352 g/mol. The van der Waals surface area contributed by atoms with Crippen LogP contribution in [0.1, 0.15) is 42.0 Å². The van der Waals surface area contributed by atoms with Crippen molar-refractivity contribution in [2.24, 2.45) is 0 Å². The summed E-state index contributed by atoms with van der Waals surface area (Å²) in [6.45, 7) is 2.75. The molecule has 1 aliphatic heterocycles. The lowest BCUT2D eigenvalue weighted by atomic mass is 10.0. The third kappa shape index (κ3) is 4.06. The molecule has 0 unspecified atom stereocenters. The molecule has 0 radical (unpaired) electrons. The minimum Gasteiger partial charge on any atom is -0.493 e. The first-order chi connectivity index (χ1) is 13.0. The van der Waals surface area contributed by atoms with E-state index in [2.05, 4.69) is 10.5 Å². The number of carbonyl (C=O) groups is 1. The number of aliphatic hydroxyl groups excluding tert-OH is 1. The van der Waals surface area contributed by atoms with E-state index in [4.69, 9.17) is 18.7 Å². The molecule has 0 saturated carbocycles. The smallest absolute Gasteiger partial charge is 0.257 e. The van der Waals surface area contributed by atoms with E-state index in [1.54, 1.807) is 25.3 Å². The van der Waals surface area contributed by atoms with Crippen LogP contribution in [0.3, 0.4) is 0 Å². The standard InChI is InChI=1S/C19H24N2O6/c1-11(22)18-16(19(23)20-13-6-8-26-9-7-13)17(21-27-18)12-4-5-14(24-2)15(10-12)25-3/h4-5,10-11,13,22H,6-9H2,1-3H3,(H,20,23)/t11-/m0/s1. The van der Waals surface area contributed by atoms with E-state index in [9.17, 15) is 9.90 Å². The van der Waals surface area contributed by atoms with Crippen molar-refractivity contribution in [3.8, 4) is 22.8 Å². The molecule has 1 saturated heterocycles. The Morgan fingerprint density at radius 1 is 1.26 bits per heavy atom. The van der Waals surface area contributed by atoms with E-state index in [0.29, 0.717) is 36.0 Å². The number of hydrogen-bond donors (Lipinski definition) is 2. The molecule has 2 heterocycles. The summed E-state index contributed by atoms with van der Waals surface area (Å²) in [5, 5.41) is 17.1. The summed E-state index contributed by atoms with van der Waals surface area (Å²) >= 11 is 0. The molecule has 1 aromatic carbocycles. The summed E-state index contributed by atoms with van der Waals surface area (Å²) in [6, 6.07) is 5.22. The molecule has 8 heteroatoms. The predicted octanol–water partition coefficient (Wildman–Crippen LogP) is 2.32. The van der Waals surface area contributed by atoms with Crippen molar-refractivity contribution in [2.75, 3.05) is 27.4 Å². The van der Waals surface area contributed by atoms with E-state index < -0.39 is 6.10 Å². The summed E-state index contributed by atoms with van der Waals surface area (Å²) in [4.78, 5) is 13.0. The van der Waals surface area contributed by atoms with Gasteiger partial charge in [0.25, 0.3) is 5.91 Å². The number of ether oxygens (including phenoxy) is 3. The molecule has 2 aromatic rings. The monoisotopic (exact) mass is 376 g/mol. The summed E-state index contributed by atoms with van der Waals surface area (Å²) in [7, 11) is 3.08. The summed E-state index contributed by atoms with van der Waals surface area (Å²) in [5.41, 5.74) is 1.19. The summed E-state index contributed by atoms with van der Waals surface area (Å²) in [6.07, 6.45) is 0.515. The number of hydrogen-bond acceptors (Lipinski definition) is 7. The van der Waals surface area contributed by atoms with Crippen LogP contribution in [-0.2, 0) is 4.74 Å². The van der Waals surface area contributed by atoms with Crippen LogP contribution in [0.5, 0.6) is 11.5 Å². The number of carbonyl (C=O) groups excluding carboxylic acids is 1. The summed E-state index contributed by atoms with van der Waals surface area (Å²) < 4.78 is 21.2. The second kappa shape index (κ2) is 8.41. The zero-order valence-corrected chi connectivity index (χ0v) is 15.7. The fourth-order valence-electron chi connectivity index (χ4n) is 3.09. The van der Waals surface area contributed by atoms with E-state index in [0.717, 1.165) is 12.8 Å². The molecule has 1 aromatic heterocycles. The maximum Gasteiger partial charge on any atom is 0.257 e. The van der Waals surface area contributed by atoms with Gasteiger partial charge in [0.2, 0.25) is 0 Å². The van der Waals surface area contributed by atoms with E-state index in [-0.39, 0.29) is 23.3 Å².